The summed E-state index contributed by atoms with van der Waals surface area (Å²) in [5.74, 6) is 9.68. The zero-order chi connectivity index (χ0) is 24.8. The number of aliphatic carboxylic acids is 1. The molecule has 2 aliphatic carbocycles. The monoisotopic (exact) mass is 461 g/mol. The number of likely N-dealkylation sites (tertiary alicyclic amines) is 1. The smallest absolute Gasteiger partial charge is 0.411 e. The van der Waals surface area contributed by atoms with Crippen LogP contribution in [0, 0.1) is 41.4 Å². The van der Waals surface area contributed by atoms with Crippen LogP contribution < -0.4 is 0 Å². The molecule has 1 fully saturated rings. The van der Waals surface area contributed by atoms with Gasteiger partial charge >= 0.3 is 12.1 Å². The number of fused-ring (bicyclic) bond motifs is 4. The molecule has 34 heavy (non-hydrogen) atoms. The minimum atomic E-state index is -1.09. The highest BCUT2D eigenvalue weighted by Crippen LogP contribution is 2.45. The SMILES string of the molecule is C=CCOC(=O)N1C2C=CC(=O)C=C2C2C(/C(OC)=C(\CC)C(=O)O)C#C/C=C\C#CC1C2C. The Hall–Kier alpha value is -3.97. The van der Waals surface area contributed by atoms with Gasteiger partial charge < -0.3 is 14.6 Å². The first-order valence-electron chi connectivity index (χ1n) is 11.0. The van der Waals surface area contributed by atoms with Gasteiger partial charge in [0.1, 0.15) is 18.4 Å². The van der Waals surface area contributed by atoms with Crippen LogP contribution in [0.4, 0.5) is 4.79 Å². The van der Waals surface area contributed by atoms with Gasteiger partial charge in [-0.05, 0) is 42.2 Å². The van der Waals surface area contributed by atoms with Gasteiger partial charge in [-0.1, -0.05) is 56.3 Å². The summed E-state index contributed by atoms with van der Waals surface area (Å²) in [5, 5.41) is 9.81. The van der Waals surface area contributed by atoms with Crippen LogP contribution in [0.25, 0.3) is 0 Å². The molecule has 0 aromatic heterocycles. The van der Waals surface area contributed by atoms with Crippen LogP contribution >= 0.6 is 0 Å². The van der Waals surface area contributed by atoms with Gasteiger partial charge in [-0.15, -0.1) is 0 Å². The quantitative estimate of drug-likeness (QED) is 0.283. The molecule has 2 bridgehead atoms. The summed E-state index contributed by atoms with van der Waals surface area (Å²) >= 11 is 0. The van der Waals surface area contributed by atoms with Crippen LogP contribution in [0.1, 0.15) is 20.3 Å². The number of allylic oxidation sites excluding steroid dienone is 5. The molecule has 0 aromatic rings. The molecular formula is C27H27NO6. The van der Waals surface area contributed by atoms with Gasteiger partial charge in [0.2, 0.25) is 0 Å². The maximum absolute atomic E-state index is 13.1. The Labute approximate surface area is 199 Å². The van der Waals surface area contributed by atoms with Gasteiger partial charge in [0.15, 0.2) is 5.78 Å². The molecule has 7 heteroatoms. The van der Waals surface area contributed by atoms with Crippen molar-refractivity contribution in [3.05, 3.63) is 59.9 Å². The third-order valence-corrected chi connectivity index (χ3v) is 6.17. The largest absolute Gasteiger partial charge is 0.499 e. The normalized spacial score (nSPS) is 28.4. The fourth-order valence-electron chi connectivity index (χ4n) is 4.74. The van der Waals surface area contributed by atoms with Crippen molar-refractivity contribution in [1.82, 2.24) is 4.90 Å². The molecule has 3 rings (SSSR count). The van der Waals surface area contributed by atoms with Crippen molar-refractivity contribution in [3.8, 4) is 23.7 Å². The maximum atomic E-state index is 13.1. The van der Waals surface area contributed by atoms with E-state index in [1.807, 2.05) is 6.92 Å². The summed E-state index contributed by atoms with van der Waals surface area (Å²) in [5.41, 5.74) is 0.758. The van der Waals surface area contributed by atoms with E-state index in [0.29, 0.717) is 5.57 Å². The molecule has 0 aromatic carbocycles. The summed E-state index contributed by atoms with van der Waals surface area (Å²) in [6.07, 6.45) is 8.86. The van der Waals surface area contributed by atoms with E-state index in [4.69, 9.17) is 9.47 Å². The Bertz CT molecular complexity index is 1130. The second-order valence-electron chi connectivity index (χ2n) is 8.05. The van der Waals surface area contributed by atoms with E-state index in [2.05, 4.69) is 30.3 Å². The van der Waals surface area contributed by atoms with Crippen molar-refractivity contribution in [2.45, 2.75) is 32.4 Å². The van der Waals surface area contributed by atoms with Crippen molar-refractivity contribution in [2.75, 3.05) is 13.7 Å². The lowest BCUT2D eigenvalue weighted by molar-refractivity contribution is -0.133. The number of hydrogen-bond acceptors (Lipinski definition) is 5. The van der Waals surface area contributed by atoms with Crippen molar-refractivity contribution in [1.29, 1.82) is 0 Å². The van der Waals surface area contributed by atoms with E-state index >= 15 is 0 Å². The molecule has 1 aliphatic heterocycles. The molecule has 1 saturated heterocycles. The topological polar surface area (TPSA) is 93.1 Å². The summed E-state index contributed by atoms with van der Waals surface area (Å²) in [6, 6.07) is -1.18. The van der Waals surface area contributed by atoms with E-state index in [0.717, 1.165) is 0 Å². The molecule has 0 spiro atoms. The Kier molecular flexibility index (Phi) is 7.81. The van der Waals surface area contributed by atoms with Crippen molar-refractivity contribution >= 4 is 17.8 Å². The number of ether oxygens (including phenoxy) is 2. The Balaban J connectivity index is 2.26. The Morgan fingerprint density at radius 2 is 1.97 bits per heavy atom. The van der Waals surface area contributed by atoms with Crippen LogP contribution in [0.5, 0.6) is 0 Å². The summed E-state index contributed by atoms with van der Waals surface area (Å²) < 4.78 is 11.0. The van der Waals surface area contributed by atoms with Crippen molar-refractivity contribution in [3.63, 3.8) is 0 Å². The van der Waals surface area contributed by atoms with Gasteiger partial charge in [0.05, 0.1) is 24.6 Å². The number of rotatable bonds is 6. The fourth-order valence-corrected chi connectivity index (χ4v) is 4.74. The van der Waals surface area contributed by atoms with E-state index in [-0.39, 0.29) is 36.1 Å². The molecular weight excluding hydrogens is 434 g/mol. The average molecular weight is 462 g/mol. The molecule has 0 saturated carbocycles. The van der Waals surface area contributed by atoms with Crippen LogP contribution in [0.2, 0.25) is 0 Å². The first kappa shape index (κ1) is 24.7. The number of nitrogens with zero attached hydrogens (tertiary/aromatic N) is 1. The molecule has 1 N–H and O–H groups in total. The molecule has 5 atom stereocenters. The minimum absolute atomic E-state index is 0.0325. The highest BCUT2D eigenvalue weighted by molar-refractivity contribution is 6.01. The Morgan fingerprint density at radius 3 is 2.59 bits per heavy atom. The van der Waals surface area contributed by atoms with Gasteiger partial charge in [0, 0.05) is 5.92 Å². The van der Waals surface area contributed by atoms with Crippen LogP contribution in [0.3, 0.4) is 0 Å². The van der Waals surface area contributed by atoms with Gasteiger partial charge in [-0.25, -0.2) is 9.59 Å². The number of piperidine rings is 1. The number of carbonyl (C=O) groups excluding carboxylic acids is 2. The summed E-state index contributed by atoms with van der Waals surface area (Å²) in [4.78, 5) is 39.1. The predicted octanol–water partition coefficient (Wildman–Crippen LogP) is 3.27. The lowest BCUT2D eigenvalue weighted by Gasteiger charge is -2.49. The van der Waals surface area contributed by atoms with Gasteiger partial charge in [-0.2, -0.15) is 0 Å². The second-order valence-corrected chi connectivity index (χ2v) is 8.05. The molecule has 1 amide bonds. The highest BCUT2D eigenvalue weighted by Gasteiger charge is 2.50. The van der Waals surface area contributed by atoms with Crippen LogP contribution in [-0.2, 0) is 19.1 Å². The lowest BCUT2D eigenvalue weighted by Crippen LogP contribution is -2.58. The Morgan fingerprint density at radius 1 is 1.26 bits per heavy atom. The lowest BCUT2D eigenvalue weighted by atomic mass is 9.66. The zero-order valence-corrected chi connectivity index (χ0v) is 19.4. The minimum Gasteiger partial charge on any atom is -0.499 e. The van der Waals surface area contributed by atoms with E-state index in [9.17, 15) is 19.5 Å². The first-order valence-corrected chi connectivity index (χ1v) is 11.0. The van der Waals surface area contributed by atoms with Crippen molar-refractivity contribution in [2.24, 2.45) is 17.8 Å². The first-order chi connectivity index (χ1) is 16.3. The van der Waals surface area contributed by atoms with E-state index in [1.54, 1.807) is 25.2 Å². The van der Waals surface area contributed by atoms with Crippen LogP contribution in [-0.4, -0.2) is 53.7 Å². The number of carboxylic acid groups (broad SMARTS) is 1. The molecule has 1 heterocycles. The number of amides is 1. The van der Waals surface area contributed by atoms with Crippen molar-refractivity contribution < 1.29 is 29.0 Å². The zero-order valence-electron chi connectivity index (χ0n) is 19.4. The maximum Gasteiger partial charge on any atom is 0.411 e. The third-order valence-electron chi connectivity index (χ3n) is 6.17. The standard InChI is InChI=1S/C27H27NO6/c1-5-15-34-27(32)28-22-12-10-8-7-9-11-20(25(33-4)19(6-2)26(30)31)24(17(22)3)21-16-18(29)13-14-23(21)28/h5,7-8,13-14,16-17,20,22-24H,1,6,15H2,2-4H3,(H,30,31)/b8-7-,25-19-. The fraction of sp³-hybridized carbons (Fsp3) is 0.370. The highest BCUT2D eigenvalue weighted by atomic mass is 16.6. The molecule has 176 valence electrons. The number of ketones is 1. The summed E-state index contributed by atoms with van der Waals surface area (Å²) in [6.45, 7) is 7.27. The van der Waals surface area contributed by atoms with E-state index < -0.39 is 36.0 Å². The third kappa shape index (κ3) is 4.70. The summed E-state index contributed by atoms with van der Waals surface area (Å²) in [7, 11) is 1.42. The number of carbonyl (C=O) groups is 3. The van der Waals surface area contributed by atoms with Gasteiger partial charge in [0.25, 0.3) is 0 Å². The average Bonchev–Trinajstić information content (AvgIpc) is 2.81. The molecule has 0 radical (unpaired) electrons. The number of methoxy groups -OCH3 is 1. The number of hydrogen-bond donors (Lipinski definition) is 1. The van der Waals surface area contributed by atoms with Gasteiger partial charge in [-0.3, -0.25) is 9.69 Å². The molecule has 3 aliphatic rings. The number of carboxylic acids is 1. The second kappa shape index (κ2) is 10.8. The van der Waals surface area contributed by atoms with E-state index in [1.165, 1.54) is 30.2 Å². The molecule has 5 unspecified atom stereocenters. The molecule has 7 nitrogen and oxygen atoms in total. The predicted molar refractivity (Wildman–Crippen MR) is 126 cm³/mol. The van der Waals surface area contributed by atoms with Crippen LogP contribution in [0.15, 0.2) is 59.9 Å².